The molecule has 1 aromatic carbocycles. The Morgan fingerprint density at radius 2 is 2.04 bits per heavy atom. The lowest BCUT2D eigenvalue weighted by molar-refractivity contribution is -0.544. The van der Waals surface area contributed by atoms with E-state index in [2.05, 4.69) is 0 Å². The molecule has 2 aliphatic rings. The van der Waals surface area contributed by atoms with Crippen molar-refractivity contribution in [3.05, 3.63) is 45.8 Å². The zero-order valence-corrected chi connectivity index (χ0v) is 12.9. The van der Waals surface area contributed by atoms with Gasteiger partial charge in [-0.2, -0.15) is 0 Å². The molecule has 0 heterocycles. The van der Waals surface area contributed by atoms with Crippen LogP contribution in [0.3, 0.4) is 0 Å². The molecule has 2 aliphatic carbocycles. The number of nitrogens with zero attached hydrogens (tertiary/aromatic N) is 1. The number of ether oxygens (including phenoxy) is 1. The van der Waals surface area contributed by atoms with Gasteiger partial charge in [0.2, 0.25) is 6.04 Å². The molecule has 1 N–H and O–H groups in total. The topological polar surface area (TPSA) is 107 Å². The molecule has 128 valence electrons. The number of Topliss-reactive ketones (excluding diaryl/α,β-unsaturated/α-hetero) is 1. The SMILES string of the molecule is COC(=O)[C@@]12C[C@@](O)(CCC1=O)[C@H]([N+](=O)[O-])[C@@H]2c1ccc(F)cc1. The summed E-state index contributed by atoms with van der Waals surface area (Å²) in [4.78, 5) is 36.1. The minimum Gasteiger partial charge on any atom is -0.468 e. The lowest BCUT2D eigenvalue weighted by Gasteiger charge is -2.33. The van der Waals surface area contributed by atoms with Gasteiger partial charge in [0.25, 0.3) is 0 Å². The van der Waals surface area contributed by atoms with Gasteiger partial charge in [0.05, 0.1) is 13.0 Å². The molecule has 0 amide bonds. The van der Waals surface area contributed by atoms with Crippen molar-refractivity contribution in [1.82, 2.24) is 0 Å². The van der Waals surface area contributed by atoms with Gasteiger partial charge < -0.3 is 9.84 Å². The van der Waals surface area contributed by atoms with Crippen LogP contribution in [0.5, 0.6) is 0 Å². The number of halogens is 1. The highest BCUT2D eigenvalue weighted by Gasteiger charge is 2.75. The van der Waals surface area contributed by atoms with E-state index in [1.807, 2.05) is 0 Å². The third kappa shape index (κ3) is 2.06. The van der Waals surface area contributed by atoms with Crippen LogP contribution in [0.1, 0.15) is 30.7 Å². The van der Waals surface area contributed by atoms with Crippen molar-refractivity contribution in [1.29, 1.82) is 0 Å². The van der Waals surface area contributed by atoms with Gasteiger partial charge in [-0.1, -0.05) is 12.1 Å². The molecule has 0 radical (unpaired) electrons. The Bertz CT molecular complexity index is 710. The molecule has 0 aromatic heterocycles. The van der Waals surface area contributed by atoms with Gasteiger partial charge in [0.1, 0.15) is 16.8 Å². The number of esters is 1. The minimum atomic E-state index is -1.82. The molecule has 0 spiro atoms. The second-order valence-corrected chi connectivity index (χ2v) is 6.43. The number of carbonyl (C=O) groups is 2. The van der Waals surface area contributed by atoms with E-state index in [4.69, 9.17) is 4.74 Å². The maximum Gasteiger partial charge on any atom is 0.320 e. The zero-order chi connectivity index (χ0) is 17.7. The number of aliphatic hydroxyl groups is 1. The smallest absolute Gasteiger partial charge is 0.320 e. The first-order valence-electron chi connectivity index (χ1n) is 7.49. The molecule has 0 unspecified atom stereocenters. The van der Waals surface area contributed by atoms with Crippen molar-refractivity contribution < 1.29 is 28.7 Å². The fourth-order valence-electron chi connectivity index (χ4n) is 4.29. The Morgan fingerprint density at radius 3 is 2.58 bits per heavy atom. The summed E-state index contributed by atoms with van der Waals surface area (Å²) in [6.07, 6.45) is -0.596. The minimum absolute atomic E-state index is 0.0894. The van der Waals surface area contributed by atoms with E-state index >= 15 is 0 Å². The Labute approximate surface area is 136 Å². The summed E-state index contributed by atoms with van der Waals surface area (Å²) in [6, 6.07) is 3.27. The van der Waals surface area contributed by atoms with Crippen LogP contribution >= 0.6 is 0 Å². The monoisotopic (exact) mass is 337 g/mol. The van der Waals surface area contributed by atoms with Crippen LogP contribution in [-0.4, -0.2) is 40.5 Å². The molecule has 24 heavy (non-hydrogen) atoms. The maximum absolute atomic E-state index is 13.2. The van der Waals surface area contributed by atoms with Gasteiger partial charge in [-0.25, -0.2) is 4.39 Å². The normalized spacial score (nSPS) is 34.9. The van der Waals surface area contributed by atoms with Crippen LogP contribution in [0.2, 0.25) is 0 Å². The van der Waals surface area contributed by atoms with E-state index in [0.29, 0.717) is 0 Å². The molecule has 3 rings (SSSR count). The fourth-order valence-corrected chi connectivity index (χ4v) is 4.29. The summed E-state index contributed by atoms with van der Waals surface area (Å²) in [5, 5.41) is 22.5. The molecule has 4 atom stereocenters. The predicted octanol–water partition coefficient (Wildman–Crippen LogP) is 1.21. The van der Waals surface area contributed by atoms with Gasteiger partial charge in [0, 0.05) is 17.8 Å². The molecule has 7 nitrogen and oxygen atoms in total. The number of methoxy groups -OCH3 is 1. The van der Waals surface area contributed by atoms with Gasteiger partial charge in [-0.05, 0) is 24.1 Å². The summed E-state index contributed by atoms with van der Waals surface area (Å²) in [6.45, 7) is 0. The molecule has 0 aliphatic heterocycles. The highest BCUT2D eigenvalue weighted by molar-refractivity contribution is 6.06. The zero-order valence-electron chi connectivity index (χ0n) is 12.9. The number of ketones is 1. The van der Waals surface area contributed by atoms with E-state index in [0.717, 1.165) is 19.2 Å². The average Bonchev–Trinajstić information content (AvgIpc) is 2.78. The Hall–Kier alpha value is -2.35. The molecule has 0 saturated heterocycles. The summed E-state index contributed by atoms with van der Waals surface area (Å²) < 4.78 is 18.0. The second-order valence-electron chi connectivity index (χ2n) is 6.43. The predicted molar refractivity (Wildman–Crippen MR) is 78.2 cm³/mol. The highest BCUT2D eigenvalue weighted by Crippen LogP contribution is 2.60. The molecule has 2 fully saturated rings. The van der Waals surface area contributed by atoms with E-state index < -0.39 is 45.5 Å². The van der Waals surface area contributed by atoms with E-state index in [1.54, 1.807) is 0 Å². The van der Waals surface area contributed by atoms with Crippen LogP contribution in [0.25, 0.3) is 0 Å². The number of benzene rings is 1. The van der Waals surface area contributed by atoms with Crippen molar-refractivity contribution in [3.8, 4) is 0 Å². The van der Waals surface area contributed by atoms with Crippen LogP contribution in [-0.2, 0) is 14.3 Å². The number of nitro groups is 1. The van der Waals surface area contributed by atoms with E-state index in [9.17, 15) is 29.2 Å². The van der Waals surface area contributed by atoms with Gasteiger partial charge in [-0.15, -0.1) is 0 Å². The largest absolute Gasteiger partial charge is 0.468 e. The summed E-state index contributed by atoms with van der Waals surface area (Å²) in [5.74, 6) is -3.14. The summed E-state index contributed by atoms with van der Waals surface area (Å²) >= 11 is 0. The van der Waals surface area contributed by atoms with Crippen molar-refractivity contribution in [2.24, 2.45) is 5.41 Å². The van der Waals surface area contributed by atoms with Crippen molar-refractivity contribution in [3.63, 3.8) is 0 Å². The summed E-state index contributed by atoms with van der Waals surface area (Å²) in [7, 11) is 1.10. The maximum atomic E-state index is 13.2. The number of hydrogen-bond donors (Lipinski definition) is 1. The van der Waals surface area contributed by atoms with Crippen molar-refractivity contribution in [2.45, 2.75) is 36.8 Å². The van der Waals surface area contributed by atoms with Crippen LogP contribution in [0, 0.1) is 21.3 Å². The molecule has 1 aromatic rings. The summed E-state index contributed by atoms with van der Waals surface area (Å²) in [5.41, 5.74) is -3.35. The average molecular weight is 337 g/mol. The highest BCUT2D eigenvalue weighted by atomic mass is 19.1. The third-order valence-electron chi connectivity index (χ3n) is 5.27. The molecular formula is C16H16FNO6. The van der Waals surface area contributed by atoms with Crippen molar-refractivity contribution in [2.75, 3.05) is 7.11 Å². The van der Waals surface area contributed by atoms with E-state index in [-0.39, 0.29) is 24.8 Å². The number of hydrogen-bond acceptors (Lipinski definition) is 6. The van der Waals surface area contributed by atoms with Gasteiger partial charge in [-0.3, -0.25) is 19.7 Å². The first kappa shape index (κ1) is 16.5. The molecule has 8 heteroatoms. The second kappa shape index (κ2) is 5.34. The third-order valence-corrected chi connectivity index (χ3v) is 5.27. The number of carbonyl (C=O) groups excluding carboxylic acids is 2. The first-order valence-corrected chi connectivity index (χ1v) is 7.49. The Morgan fingerprint density at radius 1 is 1.42 bits per heavy atom. The standard InChI is InChI=1S/C16H16FNO6/c1-24-14(20)16-8-15(21,7-6-11(16)19)13(18(22)23)12(16)9-2-4-10(17)5-3-9/h2-5,12-13,21H,6-8H2,1H3/t12-,13+,15-,16-/m0/s1. The molecule has 2 bridgehead atoms. The fraction of sp³-hybridized carbons (Fsp3) is 0.500. The van der Waals surface area contributed by atoms with Crippen LogP contribution in [0.15, 0.2) is 24.3 Å². The van der Waals surface area contributed by atoms with Crippen LogP contribution in [0.4, 0.5) is 4.39 Å². The lowest BCUT2D eigenvalue weighted by Crippen LogP contribution is -2.47. The van der Waals surface area contributed by atoms with Crippen LogP contribution < -0.4 is 0 Å². The molecule has 2 saturated carbocycles. The first-order chi connectivity index (χ1) is 11.3. The Kier molecular flexibility index (Phi) is 3.67. The lowest BCUT2D eigenvalue weighted by atomic mass is 9.68. The quantitative estimate of drug-likeness (QED) is 0.384. The number of rotatable bonds is 3. The van der Waals surface area contributed by atoms with Crippen molar-refractivity contribution >= 4 is 11.8 Å². The van der Waals surface area contributed by atoms with Gasteiger partial charge >= 0.3 is 5.97 Å². The van der Waals surface area contributed by atoms with Gasteiger partial charge in [0.15, 0.2) is 5.78 Å². The Balaban J connectivity index is 2.25. The number of fused-ring (bicyclic) bond motifs is 2. The molecular weight excluding hydrogens is 321 g/mol. The van der Waals surface area contributed by atoms with E-state index in [1.165, 1.54) is 12.1 Å².